The van der Waals surface area contributed by atoms with Crippen LogP contribution in [0.3, 0.4) is 0 Å². The Morgan fingerprint density at radius 2 is 1.65 bits per heavy atom. The summed E-state index contributed by atoms with van der Waals surface area (Å²) >= 11 is 0. The van der Waals surface area contributed by atoms with Crippen LogP contribution < -0.4 is 5.32 Å². The fraction of sp³-hybridized carbons (Fsp3) is 1.00. The monoisotopic (exact) mass is 237 g/mol. The first kappa shape index (κ1) is 13.4. The Morgan fingerprint density at radius 1 is 0.941 bits per heavy atom. The Bertz CT molecular complexity index is 206. The minimum atomic E-state index is 0.796. The van der Waals surface area contributed by atoms with Crippen LogP contribution in [0.25, 0.3) is 0 Å². The van der Waals surface area contributed by atoms with Gasteiger partial charge in [0.25, 0.3) is 0 Å². The van der Waals surface area contributed by atoms with Crippen molar-refractivity contribution in [3.8, 4) is 0 Å². The summed E-state index contributed by atoms with van der Waals surface area (Å²) in [6.07, 6.45) is 12.1. The van der Waals surface area contributed by atoms with Crippen molar-refractivity contribution < 1.29 is 0 Å². The van der Waals surface area contributed by atoms with Crippen molar-refractivity contribution in [3.05, 3.63) is 0 Å². The van der Waals surface area contributed by atoms with Gasteiger partial charge in [0.2, 0.25) is 0 Å². The maximum Gasteiger partial charge on any atom is -0.00178 e. The molecular weight excluding hydrogens is 206 g/mol. The largest absolute Gasteiger partial charge is 0.316 e. The summed E-state index contributed by atoms with van der Waals surface area (Å²) in [5, 5.41) is 3.68. The molecule has 0 aromatic rings. The highest BCUT2D eigenvalue weighted by atomic mass is 14.9. The van der Waals surface area contributed by atoms with Crippen LogP contribution >= 0.6 is 0 Å². The molecule has 0 aromatic carbocycles. The summed E-state index contributed by atoms with van der Waals surface area (Å²) in [6, 6.07) is 0. The van der Waals surface area contributed by atoms with E-state index >= 15 is 0 Å². The van der Waals surface area contributed by atoms with E-state index in [-0.39, 0.29) is 0 Å². The zero-order valence-electron chi connectivity index (χ0n) is 11.9. The normalized spacial score (nSPS) is 30.5. The van der Waals surface area contributed by atoms with E-state index in [0.29, 0.717) is 0 Å². The Labute approximate surface area is 108 Å². The standard InChI is InChI=1S/C16H31N/c1-13(2)11-17-12-16-9-5-8-15(16)10-14-6-3-4-7-14/h13-17H,3-12H2,1-2H3. The third-order valence-corrected chi connectivity index (χ3v) is 4.89. The van der Waals surface area contributed by atoms with E-state index in [9.17, 15) is 0 Å². The molecule has 1 nitrogen and oxygen atoms in total. The van der Waals surface area contributed by atoms with Crippen molar-refractivity contribution in [2.24, 2.45) is 23.7 Å². The number of hydrogen-bond donors (Lipinski definition) is 1. The Kier molecular flexibility index (Phi) is 5.34. The minimum Gasteiger partial charge on any atom is -0.316 e. The third-order valence-electron chi connectivity index (χ3n) is 4.89. The van der Waals surface area contributed by atoms with Gasteiger partial charge in [0.1, 0.15) is 0 Å². The predicted octanol–water partition coefficient (Wildman–Crippen LogP) is 4.23. The molecule has 0 aromatic heterocycles. The van der Waals surface area contributed by atoms with Crippen molar-refractivity contribution in [1.82, 2.24) is 5.32 Å². The fourth-order valence-corrected chi connectivity index (χ4v) is 3.92. The van der Waals surface area contributed by atoms with Crippen LogP contribution in [0, 0.1) is 23.7 Å². The summed E-state index contributed by atoms with van der Waals surface area (Å²) in [4.78, 5) is 0. The lowest BCUT2D eigenvalue weighted by Crippen LogP contribution is -2.28. The lowest BCUT2D eigenvalue weighted by Gasteiger charge is -2.23. The quantitative estimate of drug-likeness (QED) is 0.729. The van der Waals surface area contributed by atoms with Gasteiger partial charge in [-0.2, -0.15) is 0 Å². The molecule has 0 spiro atoms. The number of hydrogen-bond acceptors (Lipinski definition) is 1. The van der Waals surface area contributed by atoms with Gasteiger partial charge in [0, 0.05) is 0 Å². The molecule has 100 valence electrons. The first-order valence-corrected chi connectivity index (χ1v) is 7.96. The maximum absolute atomic E-state index is 3.68. The van der Waals surface area contributed by atoms with Gasteiger partial charge >= 0.3 is 0 Å². The molecule has 0 bridgehead atoms. The van der Waals surface area contributed by atoms with Gasteiger partial charge in [-0.1, -0.05) is 52.4 Å². The SMILES string of the molecule is CC(C)CNCC1CCCC1CC1CCCC1. The van der Waals surface area contributed by atoms with Crippen molar-refractivity contribution in [3.63, 3.8) is 0 Å². The Morgan fingerprint density at radius 3 is 2.35 bits per heavy atom. The van der Waals surface area contributed by atoms with Crippen molar-refractivity contribution >= 4 is 0 Å². The Balaban J connectivity index is 1.68. The Hall–Kier alpha value is -0.0400. The van der Waals surface area contributed by atoms with E-state index in [1.54, 1.807) is 6.42 Å². The second-order valence-electron chi connectivity index (χ2n) is 6.89. The average Bonchev–Trinajstić information content (AvgIpc) is 2.91. The summed E-state index contributed by atoms with van der Waals surface area (Å²) in [6.45, 7) is 7.09. The van der Waals surface area contributed by atoms with Gasteiger partial charge in [-0.15, -0.1) is 0 Å². The van der Waals surface area contributed by atoms with E-state index in [2.05, 4.69) is 19.2 Å². The first-order valence-electron chi connectivity index (χ1n) is 7.96. The molecular formula is C16H31N. The van der Waals surface area contributed by atoms with E-state index in [1.807, 2.05) is 0 Å². The van der Waals surface area contributed by atoms with Crippen LogP contribution in [0.5, 0.6) is 0 Å². The van der Waals surface area contributed by atoms with Gasteiger partial charge in [0.15, 0.2) is 0 Å². The van der Waals surface area contributed by atoms with Gasteiger partial charge in [0.05, 0.1) is 0 Å². The van der Waals surface area contributed by atoms with Crippen LogP contribution in [0.15, 0.2) is 0 Å². The highest BCUT2D eigenvalue weighted by Gasteiger charge is 2.29. The lowest BCUT2D eigenvalue weighted by atomic mass is 9.86. The molecule has 2 unspecified atom stereocenters. The molecule has 2 saturated carbocycles. The van der Waals surface area contributed by atoms with E-state index < -0.39 is 0 Å². The molecule has 1 heteroatoms. The predicted molar refractivity (Wildman–Crippen MR) is 75.1 cm³/mol. The van der Waals surface area contributed by atoms with Gasteiger partial charge in [-0.05, 0) is 49.6 Å². The van der Waals surface area contributed by atoms with Gasteiger partial charge in [-0.3, -0.25) is 0 Å². The van der Waals surface area contributed by atoms with E-state index in [0.717, 1.165) is 23.7 Å². The van der Waals surface area contributed by atoms with Crippen LogP contribution in [0.2, 0.25) is 0 Å². The van der Waals surface area contributed by atoms with Crippen molar-refractivity contribution in [1.29, 1.82) is 0 Å². The average molecular weight is 237 g/mol. The third kappa shape index (κ3) is 4.28. The number of nitrogens with one attached hydrogen (secondary N) is 1. The molecule has 0 heterocycles. The van der Waals surface area contributed by atoms with Crippen molar-refractivity contribution in [2.45, 2.75) is 65.2 Å². The van der Waals surface area contributed by atoms with Crippen LogP contribution in [0.4, 0.5) is 0 Å². The topological polar surface area (TPSA) is 12.0 Å². The first-order chi connectivity index (χ1) is 8.25. The minimum absolute atomic E-state index is 0.796. The lowest BCUT2D eigenvalue weighted by molar-refractivity contribution is 0.293. The van der Waals surface area contributed by atoms with E-state index in [4.69, 9.17) is 0 Å². The summed E-state index contributed by atoms with van der Waals surface area (Å²) in [5.41, 5.74) is 0. The zero-order valence-corrected chi connectivity index (χ0v) is 11.9. The molecule has 2 aliphatic carbocycles. The number of rotatable bonds is 6. The fourth-order valence-electron chi connectivity index (χ4n) is 3.92. The highest BCUT2D eigenvalue weighted by molar-refractivity contribution is 4.82. The zero-order chi connectivity index (χ0) is 12.1. The second kappa shape index (κ2) is 6.78. The van der Waals surface area contributed by atoms with Crippen LogP contribution in [-0.4, -0.2) is 13.1 Å². The molecule has 2 rings (SSSR count). The molecule has 2 atom stereocenters. The maximum atomic E-state index is 3.68. The molecule has 0 amide bonds. The highest BCUT2D eigenvalue weighted by Crippen LogP contribution is 2.39. The van der Waals surface area contributed by atoms with Crippen LogP contribution in [0.1, 0.15) is 65.2 Å². The molecule has 2 aliphatic rings. The molecule has 0 saturated heterocycles. The molecule has 2 fully saturated rings. The second-order valence-corrected chi connectivity index (χ2v) is 6.89. The van der Waals surface area contributed by atoms with Crippen LogP contribution in [-0.2, 0) is 0 Å². The summed E-state index contributed by atoms with van der Waals surface area (Å²) in [7, 11) is 0. The molecule has 0 aliphatic heterocycles. The smallest absolute Gasteiger partial charge is 0.00178 e. The van der Waals surface area contributed by atoms with Crippen molar-refractivity contribution in [2.75, 3.05) is 13.1 Å². The molecule has 1 N–H and O–H groups in total. The summed E-state index contributed by atoms with van der Waals surface area (Å²) in [5.74, 6) is 3.93. The van der Waals surface area contributed by atoms with E-state index in [1.165, 1.54) is 58.0 Å². The summed E-state index contributed by atoms with van der Waals surface area (Å²) < 4.78 is 0. The molecule has 0 radical (unpaired) electrons. The van der Waals surface area contributed by atoms with Gasteiger partial charge < -0.3 is 5.32 Å². The molecule has 17 heavy (non-hydrogen) atoms. The van der Waals surface area contributed by atoms with Gasteiger partial charge in [-0.25, -0.2) is 0 Å².